The SMILES string of the molecule is Cc1c(C(=O)N2CCCSC2=Nc2ccc(Cl)c(Cl)c2)sc2ncn(C)c(=O)c12. The fraction of sp³-hybridized carbons (Fsp3) is 0.263. The maximum absolute atomic E-state index is 13.4. The van der Waals surface area contributed by atoms with Gasteiger partial charge in [0.05, 0.1) is 32.3 Å². The molecule has 1 saturated heterocycles. The molecule has 0 bridgehead atoms. The zero-order chi connectivity index (χ0) is 20.7. The number of aryl methyl sites for hydroxylation is 2. The number of hydrogen-bond donors (Lipinski definition) is 0. The van der Waals surface area contributed by atoms with Crippen LogP contribution in [0, 0.1) is 6.92 Å². The van der Waals surface area contributed by atoms with Crippen molar-refractivity contribution < 1.29 is 4.79 Å². The van der Waals surface area contributed by atoms with Gasteiger partial charge in [-0.1, -0.05) is 35.0 Å². The van der Waals surface area contributed by atoms with Crippen LogP contribution < -0.4 is 5.56 Å². The second kappa shape index (κ2) is 8.10. The number of fused-ring (bicyclic) bond motifs is 1. The number of amidine groups is 1. The highest BCUT2D eigenvalue weighted by molar-refractivity contribution is 8.13. The maximum Gasteiger partial charge on any atom is 0.270 e. The van der Waals surface area contributed by atoms with E-state index in [1.807, 2.05) is 0 Å². The third-order valence-electron chi connectivity index (χ3n) is 4.57. The lowest BCUT2D eigenvalue weighted by Gasteiger charge is -2.27. The standard InChI is InChI=1S/C19H16Cl2N4O2S2/c1-10-14-16(22-9-24(2)17(14)26)29-15(10)18(27)25-6-3-7-28-19(25)23-11-4-5-12(20)13(21)8-11/h4-5,8-9H,3,6-7H2,1-2H3. The zero-order valence-corrected chi connectivity index (χ0v) is 18.8. The largest absolute Gasteiger partial charge is 0.302 e. The second-order valence-electron chi connectivity index (χ2n) is 6.55. The van der Waals surface area contributed by atoms with Crippen LogP contribution in [0.1, 0.15) is 21.7 Å². The molecule has 150 valence electrons. The van der Waals surface area contributed by atoms with Gasteiger partial charge in [-0.15, -0.1) is 11.3 Å². The number of aliphatic imine (C=N–C) groups is 1. The lowest BCUT2D eigenvalue weighted by molar-refractivity contribution is 0.0853. The summed E-state index contributed by atoms with van der Waals surface area (Å²) in [6.07, 6.45) is 2.34. The van der Waals surface area contributed by atoms with E-state index in [0.29, 0.717) is 48.1 Å². The minimum atomic E-state index is -0.168. The molecule has 3 aromatic rings. The first-order valence-corrected chi connectivity index (χ1v) is 11.4. The Hall–Kier alpha value is -1.87. The predicted molar refractivity (Wildman–Crippen MR) is 121 cm³/mol. The molecular formula is C19H16Cl2N4O2S2. The van der Waals surface area contributed by atoms with Crippen LogP contribution in [0.25, 0.3) is 10.2 Å². The molecule has 1 fully saturated rings. The molecule has 29 heavy (non-hydrogen) atoms. The van der Waals surface area contributed by atoms with Gasteiger partial charge >= 0.3 is 0 Å². The third-order valence-corrected chi connectivity index (χ3v) is 7.56. The summed E-state index contributed by atoms with van der Waals surface area (Å²) in [7, 11) is 1.65. The van der Waals surface area contributed by atoms with E-state index in [4.69, 9.17) is 23.2 Å². The van der Waals surface area contributed by atoms with E-state index < -0.39 is 0 Å². The summed E-state index contributed by atoms with van der Waals surface area (Å²) in [5.74, 6) is 0.704. The molecule has 3 heterocycles. The lowest BCUT2D eigenvalue weighted by Crippen LogP contribution is -2.39. The van der Waals surface area contributed by atoms with Crippen molar-refractivity contribution in [2.24, 2.45) is 12.0 Å². The molecule has 0 spiro atoms. The van der Waals surface area contributed by atoms with Crippen LogP contribution in [-0.2, 0) is 7.05 Å². The number of hydrogen-bond acceptors (Lipinski definition) is 6. The topological polar surface area (TPSA) is 67.6 Å². The Morgan fingerprint density at radius 3 is 2.83 bits per heavy atom. The van der Waals surface area contributed by atoms with Gasteiger partial charge in [0.2, 0.25) is 0 Å². The molecular weight excluding hydrogens is 451 g/mol. The van der Waals surface area contributed by atoms with Gasteiger partial charge in [-0.25, -0.2) is 9.98 Å². The Kier molecular flexibility index (Phi) is 5.70. The number of amides is 1. The normalized spacial score (nSPS) is 16.0. The number of rotatable bonds is 2. The number of carbonyl (C=O) groups is 1. The fourth-order valence-corrected chi connectivity index (χ4v) is 5.38. The van der Waals surface area contributed by atoms with Crippen molar-refractivity contribution in [3.63, 3.8) is 0 Å². The lowest BCUT2D eigenvalue weighted by atomic mass is 10.2. The molecule has 4 rings (SSSR count). The molecule has 1 amide bonds. The van der Waals surface area contributed by atoms with E-state index >= 15 is 0 Å². The van der Waals surface area contributed by atoms with Crippen molar-refractivity contribution in [3.8, 4) is 0 Å². The molecule has 1 aliphatic rings. The first-order valence-electron chi connectivity index (χ1n) is 8.80. The van der Waals surface area contributed by atoms with E-state index in [1.165, 1.54) is 34.0 Å². The highest BCUT2D eigenvalue weighted by Crippen LogP contribution is 2.32. The molecule has 0 radical (unpaired) electrons. The van der Waals surface area contributed by atoms with E-state index in [9.17, 15) is 9.59 Å². The summed E-state index contributed by atoms with van der Waals surface area (Å²) >= 11 is 14.8. The van der Waals surface area contributed by atoms with Gasteiger partial charge in [0.25, 0.3) is 11.5 Å². The summed E-state index contributed by atoms with van der Waals surface area (Å²) in [4.78, 5) is 37.5. The zero-order valence-electron chi connectivity index (χ0n) is 15.6. The smallest absolute Gasteiger partial charge is 0.270 e. The van der Waals surface area contributed by atoms with Crippen molar-refractivity contribution >= 4 is 73.3 Å². The van der Waals surface area contributed by atoms with Crippen LogP contribution in [0.5, 0.6) is 0 Å². The Bertz CT molecular complexity index is 1220. The van der Waals surface area contributed by atoms with Gasteiger partial charge in [0.1, 0.15) is 4.83 Å². The maximum atomic E-state index is 13.4. The third kappa shape index (κ3) is 3.82. The van der Waals surface area contributed by atoms with Crippen molar-refractivity contribution in [3.05, 3.63) is 55.4 Å². The van der Waals surface area contributed by atoms with Gasteiger partial charge in [0, 0.05) is 19.3 Å². The van der Waals surface area contributed by atoms with Crippen LogP contribution in [0.15, 0.2) is 34.3 Å². The first-order chi connectivity index (χ1) is 13.9. The Morgan fingerprint density at radius 1 is 1.28 bits per heavy atom. The summed E-state index contributed by atoms with van der Waals surface area (Å²) in [6.45, 7) is 2.35. The Morgan fingerprint density at radius 2 is 2.07 bits per heavy atom. The summed E-state index contributed by atoms with van der Waals surface area (Å²) in [5, 5.41) is 1.97. The molecule has 10 heteroatoms. The molecule has 1 aromatic carbocycles. The van der Waals surface area contributed by atoms with Crippen molar-refractivity contribution in [1.82, 2.24) is 14.5 Å². The van der Waals surface area contributed by atoms with Crippen molar-refractivity contribution in [2.75, 3.05) is 12.3 Å². The summed E-state index contributed by atoms with van der Waals surface area (Å²) in [6, 6.07) is 5.12. The van der Waals surface area contributed by atoms with Gasteiger partial charge in [0.15, 0.2) is 5.17 Å². The van der Waals surface area contributed by atoms with Crippen LogP contribution >= 0.6 is 46.3 Å². The molecule has 2 aromatic heterocycles. The molecule has 0 saturated carbocycles. The van der Waals surface area contributed by atoms with E-state index in [2.05, 4.69) is 9.98 Å². The number of halogens is 2. The van der Waals surface area contributed by atoms with E-state index in [1.54, 1.807) is 37.1 Å². The average molecular weight is 467 g/mol. The van der Waals surface area contributed by atoms with Gasteiger partial charge in [-0.3, -0.25) is 14.5 Å². The monoisotopic (exact) mass is 466 g/mol. The highest BCUT2D eigenvalue weighted by Gasteiger charge is 2.29. The fourth-order valence-electron chi connectivity index (χ4n) is 3.04. The molecule has 0 atom stereocenters. The van der Waals surface area contributed by atoms with E-state index in [-0.39, 0.29) is 11.5 Å². The minimum absolute atomic E-state index is 0.152. The minimum Gasteiger partial charge on any atom is -0.302 e. The van der Waals surface area contributed by atoms with Gasteiger partial charge < -0.3 is 4.57 Å². The average Bonchev–Trinajstić information content (AvgIpc) is 3.05. The summed E-state index contributed by atoms with van der Waals surface area (Å²) < 4.78 is 1.42. The van der Waals surface area contributed by atoms with Crippen LogP contribution in [-0.4, -0.2) is 37.8 Å². The van der Waals surface area contributed by atoms with Crippen LogP contribution in [0.4, 0.5) is 5.69 Å². The van der Waals surface area contributed by atoms with Gasteiger partial charge in [-0.05, 0) is 37.1 Å². The molecule has 6 nitrogen and oxygen atoms in total. The van der Waals surface area contributed by atoms with Crippen LogP contribution in [0.3, 0.4) is 0 Å². The first kappa shape index (κ1) is 20.4. The van der Waals surface area contributed by atoms with Gasteiger partial charge in [-0.2, -0.15) is 0 Å². The van der Waals surface area contributed by atoms with Crippen LogP contribution in [0.2, 0.25) is 10.0 Å². The second-order valence-corrected chi connectivity index (χ2v) is 9.42. The summed E-state index contributed by atoms with van der Waals surface area (Å²) in [5.41, 5.74) is 1.14. The number of thioether (sulfide) groups is 1. The Balaban J connectivity index is 1.75. The molecule has 0 N–H and O–H groups in total. The van der Waals surface area contributed by atoms with E-state index in [0.717, 1.165) is 12.2 Å². The number of nitrogens with zero attached hydrogens (tertiary/aromatic N) is 4. The number of thiophene rings is 1. The number of carbonyl (C=O) groups excluding carboxylic acids is 1. The number of benzene rings is 1. The molecule has 0 aliphatic carbocycles. The molecule has 1 aliphatic heterocycles. The van der Waals surface area contributed by atoms with Crippen molar-refractivity contribution in [2.45, 2.75) is 13.3 Å². The Labute approximate surface area is 185 Å². The van der Waals surface area contributed by atoms with Crippen molar-refractivity contribution in [1.29, 1.82) is 0 Å². The molecule has 0 unspecified atom stereocenters. The number of aromatic nitrogens is 2. The predicted octanol–water partition coefficient (Wildman–Crippen LogP) is 4.88. The highest BCUT2D eigenvalue weighted by atomic mass is 35.5. The quantitative estimate of drug-likeness (QED) is 0.539.